The van der Waals surface area contributed by atoms with E-state index in [1.54, 1.807) is 32.9 Å². The highest BCUT2D eigenvalue weighted by molar-refractivity contribution is 5.61. The number of benzene rings is 1. The van der Waals surface area contributed by atoms with Crippen LogP contribution in [0.15, 0.2) is 28.9 Å². The predicted octanol–water partition coefficient (Wildman–Crippen LogP) is 4.67. The van der Waals surface area contributed by atoms with E-state index in [0.717, 1.165) is 0 Å². The molecule has 0 aliphatic heterocycles. The van der Waals surface area contributed by atoms with Crippen molar-refractivity contribution in [1.29, 1.82) is 0 Å². The minimum absolute atomic E-state index is 0.0629. The van der Waals surface area contributed by atoms with Crippen molar-refractivity contribution in [2.75, 3.05) is 13.2 Å². The van der Waals surface area contributed by atoms with E-state index in [1.807, 2.05) is 0 Å². The van der Waals surface area contributed by atoms with Gasteiger partial charge >= 0.3 is 12.1 Å². The predicted molar refractivity (Wildman–Crippen MR) is 94.1 cm³/mol. The number of alkyl halides is 3. The number of hydrogen-bond acceptors (Lipinski definition) is 6. The van der Waals surface area contributed by atoms with Gasteiger partial charge in [0.05, 0.1) is 0 Å². The Bertz CT molecular complexity index is 995. The third-order valence-electron chi connectivity index (χ3n) is 3.90. The maximum Gasteiger partial charge on any atom is 0.471 e. The van der Waals surface area contributed by atoms with E-state index in [1.165, 1.54) is 12.3 Å². The molecule has 0 saturated carbocycles. The highest BCUT2D eigenvalue weighted by atomic mass is 19.4. The minimum Gasteiger partial charge on any atom is -0.489 e. The second kappa shape index (κ2) is 8.06. The molecule has 0 aliphatic rings. The van der Waals surface area contributed by atoms with E-state index >= 15 is 0 Å². The number of aromatic nitrogens is 3. The smallest absolute Gasteiger partial charge is 0.471 e. The maximum atomic E-state index is 13.7. The highest BCUT2D eigenvalue weighted by Crippen LogP contribution is 2.32. The number of hydrogen-bond donors (Lipinski definition) is 0. The number of halogens is 4. The van der Waals surface area contributed by atoms with Gasteiger partial charge in [-0.15, -0.1) is 0 Å². The summed E-state index contributed by atoms with van der Waals surface area (Å²) >= 11 is 0. The standard InChI is InChI=1S/C19H17F4N3O3/c1-10-6-14(20)17(24-9-10)28-5-4-27-15-11(2)7-13(8-12(15)3)16-25-18(29-26-16)19(21,22)23/h6-9H,4-5H2,1-3H3. The largest absolute Gasteiger partial charge is 0.489 e. The molecule has 6 nitrogen and oxygen atoms in total. The molecule has 10 heteroatoms. The average Bonchev–Trinajstić information content (AvgIpc) is 3.12. The number of aryl methyl sites for hydroxylation is 3. The Balaban J connectivity index is 1.66. The molecule has 154 valence electrons. The van der Waals surface area contributed by atoms with E-state index in [2.05, 4.69) is 19.6 Å². The van der Waals surface area contributed by atoms with Gasteiger partial charge in [-0.2, -0.15) is 18.2 Å². The normalized spacial score (nSPS) is 11.6. The molecule has 0 spiro atoms. The molecule has 3 aromatic rings. The summed E-state index contributed by atoms with van der Waals surface area (Å²) in [7, 11) is 0. The molecule has 0 N–H and O–H groups in total. The summed E-state index contributed by atoms with van der Waals surface area (Å²) in [6, 6.07) is 4.50. The van der Waals surface area contributed by atoms with Crippen molar-refractivity contribution in [2.45, 2.75) is 26.9 Å². The van der Waals surface area contributed by atoms with Gasteiger partial charge in [0.1, 0.15) is 19.0 Å². The lowest BCUT2D eigenvalue weighted by molar-refractivity contribution is -0.159. The average molecular weight is 411 g/mol. The monoisotopic (exact) mass is 411 g/mol. The number of nitrogens with zero attached hydrogens (tertiary/aromatic N) is 3. The van der Waals surface area contributed by atoms with Gasteiger partial charge < -0.3 is 14.0 Å². The van der Waals surface area contributed by atoms with E-state index in [-0.39, 0.29) is 24.9 Å². The zero-order valence-electron chi connectivity index (χ0n) is 15.8. The molecule has 0 saturated heterocycles. The molecule has 0 fully saturated rings. The van der Waals surface area contributed by atoms with Crippen LogP contribution < -0.4 is 9.47 Å². The van der Waals surface area contributed by atoms with Gasteiger partial charge in [0.2, 0.25) is 11.7 Å². The first-order chi connectivity index (χ1) is 13.6. The Morgan fingerprint density at radius 2 is 1.66 bits per heavy atom. The summed E-state index contributed by atoms with van der Waals surface area (Å²) < 4.78 is 66.8. The zero-order valence-corrected chi connectivity index (χ0v) is 15.8. The second-order valence-corrected chi connectivity index (χ2v) is 6.36. The maximum absolute atomic E-state index is 13.7. The van der Waals surface area contributed by atoms with Crippen LogP contribution in [0.3, 0.4) is 0 Å². The molecule has 0 bridgehead atoms. The van der Waals surface area contributed by atoms with Crippen LogP contribution in [0.5, 0.6) is 11.6 Å². The minimum atomic E-state index is -4.70. The van der Waals surface area contributed by atoms with Gasteiger partial charge in [0.15, 0.2) is 5.82 Å². The van der Waals surface area contributed by atoms with Crippen molar-refractivity contribution >= 4 is 0 Å². The molecule has 0 aliphatic carbocycles. The molecule has 0 atom stereocenters. The van der Waals surface area contributed by atoms with Gasteiger partial charge in [-0.25, -0.2) is 9.37 Å². The van der Waals surface area contributed by atoms with Crippen molar-refractivity contribution in [3.8, 4) is 23.0 Å². The Hall–Kier alpha value is -3.17. The highest BCUT2D eigenvalue weighted by Gasteiger charge is 2.38. The van der Waals surface area contributed by atoms with Gasteiger partial charge in [0.25, 0.3) is 0 Å². The van der Waals surface area contributed by atoms with E-state index in [9.17, 15) is 17.6 Å². The van der Waals surface area contributed by atoms with Crippen LogP contribution in [0.4, 0.5) is 17.6 Å². The lowest BCUT2D eigenvalue weighted by Crippen LogP contribution is -2.12. The summed E-state index contributed by atoms with van der Waals surface area (Å²) in [6.07, 6.45) is -3.21. The Kier molecular flexibility index (Phi) is 5.71. The fourth-order valence-corrected chi connectivity index (χ4v) is 2.67. The number of rotatable bonds is 6. The summed E-state index contributed by atoms with van der Waals surface area (Å²) in [4.78, 5) is 7.25. The van der Waals surface area contributed by atoms with Crippen LogP contribution >= 0.6 is 0 Å². The van der Waals surface area contributed by atoms with Gasteiger partial charge in [-0.1, -0.05) is 5.16 Å². The molecular formula is C19H17F4N3O3. The van der Waals surface area contributed by atoms with Crippen LogP contribution in [0.25, 0.3) is 11.4 Å². The molecule has 0 radical (unpaired) electrons. The summed E-state index contributed by atoms with van der Waals surface area (Å²) in [5.74, 6) is -1.70. The first kappa shape index (κ1) is 20.6. The lowest BCUT2D eigenvalue weighted by Gasteiger charge is -2.14. The summed E-state index contributed by atoms with van der Waals surface area (Å²) in [6.45, 7) is 5.37. The fourth-order valence-electron chi connectivity index (χ4n) is 2.67. The Morgan fingerprint density at radius 1 is 1.00 bits per heavy atom. The van der Waals surface area contributed by atoms with Crippen molar-refractivity contribution < 1.29 is 31.6 Å². The van der Waals surface area contributed by atoms with Crippen molar-refractivity contribution in [3.05, 3.63) is 52.8 Å². The SMILES string of the molecule is Cc1cnc(OCCOc2c(C)cc(-c3noc(C(F)(F)F)n3)cc2C)c(F)c1. The Labute approximate surface area is 163 Å². The first-order valence-electron chi connectivity index (χ1n) is 8.55. The third-order valence-corrected chi connectivity index (χ3v) is 3.90. The topological polar surface area (TPSA) is 70.3 Å². The second-order valence-electron chi connectivity index (χ2n) is 6.36. The molecule has 0 unspecified atom stereocenters. The third kappa shape index (κ3) is 4.82. The molecule has 2 heterocycles. The number of pyridine rings is 1. The van der Waals surface area contributed by atoms with Crippen molar-refractivity contribution in [1.82, 2.24) is 15.1 Å². The molecule has 1 aromatic carbocycles. The molecule has 2 aromatic heterocycles. The van der Waals surface area contributed by atoms with Crippen LogP contribution in [-0.2, 0) is 6.18 Å². The quantitative estimate of drug-likeness (QED) is 0.434. The van der Waals surface area contributed by atoms with Gasteiger partial charge in [-0.3, -0.25) is 0 Å². The van der Waals surface area contributed by atoms with Crippen LogP contribution in [0, 0.1) is 26.6 Å². The molecule has 3 rings (SSSR count). The van der Waals surface area contributed by atoms with Crippen LogP contribution in [-0.4, -0.2) is 28.3 Å². The van der Waals surface area contributed by atoms with E-state index in [4.69, 9.17) is 9.47 Å². The fraction of sp³-hybridized carbons (Fsp3) is 0.316. The van der Waals surface area contributed by atoms with E-state index < -0.39 is 17.9 Å². The van der Waals surface area contributed by atoms with Gasteiger partial charge in [0, 0.05) is 11.8 Å². The lowest BCUT2D eigenvalue weighted by atomic mass is 10.1. The number of ether oxygens (including phenoxy) is 2. The molecule has 29 heavy (non-hydrogen) atoms. The summed E-state index contributed by atoms with van der Waals surface area (Å²) in [5, 5.41) is 3.38. The summed E-state index contributed by atoms with van der Waals surface area (Å²) in [5.41, 5.74) is 2.38. The van der Waals surface area contributed by atoms with Crippen LogP contribution in [0.1, 0.15) is 22.6 Å². The van der Waals surface area contributed by atoms with E-state index in [0.29, 0.717) is 28.0 Å². The first-order valence-corrected chi connectivity index (χ1v) is 8.55. The molecule has 0 amide bonds. The molecular weight excluding hydrogens is 394 g/mol. The van der Waals surface area contributed by atoms with Crippen molar-refractivity contribution in [2.24, 2.45) is 0 Å². The Morgan fingerprint density at radius 3 is 2.24 bits per heavy atom. The van der Waals surface area contributed by atoms with Crippen molar-refractivity contribution in [3.63, 3.8) is 0 Å². The zero-order chi connectivity index (χ0) is 21.2. The van der Waals surface area contributed by atoms with Crippen LogP contribution in [0.2, 0.25) is 0 Å². The van der Waals surface area contributed by atoms with Gasteiger partial charge in [-0.05, 0) is 55.7 Å².